The van der Waals surface area contributed by atoms with E-state index in [1.807, 2.05) is 13.2 Å². The van der Waals surface area contributed by atoms with Gasteiger partial charge in [0.15, 0.2) is 0 Å². The van der Waals surface area contributed by atoms with E-state index in [4.69, 9.17) is 9.47 Å². The zero-order valence-corrected chi connectivity index (χ0v) is 12.6. The molecule has 22 heavy (non-hydrogen) atoms. The van der Waals surface area contributed by atoms with Crippen molar-refractivity contribution in [2.45, 2.75) is 37.6 Å². The van der Waals surface area contributed by atoms with Gasteiger partial charge in [0.2, 0.25) is 11.8 Å². The largest absolute Gasteiger partial charge is 0.371 e. The van der Waals surface area contributed by atoms with Gasteiger partial charge < -0.3 is 20.1 Å². The summed E-state index contributed by atoms with van der Waals surface area (Å²) in [7, 11) is 1.81. The lowest BCUT2D eigenvalue weighted by Gasteiger charge is -2.17. The van der Waals surface area contributed by atoms with Crippen molar-refractivity contribution in [2.75, 3.05) is 13.2 Å². The fourth-order valence-electron chi connectivity index (χ4n) is 3.01. The van der Waals surface area contributed by atoms with Gasteiger partial charge in [0.25, 0.3) is 0 Å². The molecule has 120 valence electrons. The number of fused-ring (bicyclic) bond motifs is 1. The maximum absolute atomic E-state index is 12.1. The number of aryl methyl sites for hydroxylation is 1. The Morgan fingerprint density at radius 2 is 1.91 bits per heavy atom. The van der Waals surface area contributed by atoms with Crippen LogP contribution in [0.25, 0.3) is 0 Å². The first-order valence-electron chi connectivity index (χ1n) is 7.30. The molecule has 2 N–H and O–H groups in total. The average molecular weight is 308 g/mol. The summed E-state index contributed by atoms with van der Waals surface area (Å²) < 4.78 is 13.0. The SMILES string of the molecule is CC(=O)N[C@H]1CO[C@H]2[C@@H]1OC[C@@H]2NC(=O)Cc1cnn(C)c1. The fourth-order valence-corrected chi connectivity index (χ4v) is 3.01. The first-order valence-corrected chi connectivity index (χ1v) is 7.30. The second-order valence-electron chi connectivity index (χ2n) is 5.78. The summed E-state index contributed by atoms with van der Waals surface area (Å²) in [4.78, 5) is 23.2. The normalized spacial score (nSPS) is 30.1. The van der Waals surface area contributed by atoms with Crippen LogP contribution in [0.4, 0.5) is 0 Å². The Morgan fingerprint density at radius 1 is 1.27 bits per heavy atom. The van der Waals surface area contributed by atoms with Gasteiger partial charge in [-0.2, -0.15) is 5.10 Å². The maximum Gasteiger partial charge on any atom is 0.224 e. The van der Waals surface area contributed by atoms with Crippen molar-refractivity contribution < 1.29 is 19.1 Å². The van der Waals surface area contributed by atoms with E-state index in [0.29, 0.717) is 13.2 Å². The molecule has 0 saturated carbocycles. The number of nitrogens with zero attached hydrogens (tertiary/aromatic N) is 2. The molecule has 2 fully saturated rings. The molecule has 0 spiro atoms. The van der Waals surface area contributed by atoms with Crippen LogP contribution in [0.5, 0.6) is 0 Å². The van der Waals surface area contributed by atoms with Crippen molar-refractivity contribution in [1.82, 2.24) is 20.4 Å². The summed E-state index contributed by atoms with van der Waals surface area (Å²) >= 11 is 0. The van der Waals surface area contributed by atoms with E-state index in [1.165, 1.54) is 6.92 Å². The highest BCUT2D eigenvalue weighted by atomic mass is 16.6. The van der Waals surface area contributed by atoms with E-state index in [-0.39, 0.29) is 42.5 Å². The molecule has 2 amide bonds. The summed E-state index contributed by atoms with van der Waals surface area (Å²) in [5, 5.41) is 9.80. The molecule has 0 aliphatic carbocycles. The van der Waals surface area contributed by atoms with E-state index in [2.05, 4.69) is 15.7 Å². The molecule has 8 heteroatoms. The predicted octanol–water partition coefficient (Wildman–Crippen LogP) is -1.25. The lowest BCUT2D eigenvalue weighted by molar-refractivity contribution is -0.122. The van der Waals surface area contributed by atoms with Crippen molar-refractivity contribution in [2.24, 2.45) is 7.05 Å². The van der Waals surface area contributed by atoms with Gasteiger partial charge in [-0.1, -0.05) is 0 Å². The minimum absolute atomic E-state index is 0.0890. The standard InChI is InChI=1S/C14H20N4O4/c1-8(19)16-10-6-21-14-11(7-22-13(10)14)17-12(20)3-9-4-15-18(2)5-9/h4-5,10-11,13-14H,3,6-7H2,1-2H3,(H,16,19)(H,17,20)/t10-,11-,13+,14+/m0/s1. The lowest BCUT2D eigenvalue weighted by atomic mass is 10.1. The van der Waals surface area contributed by atoms with Crippen molar-refractivity contribution in [1.29, 1.82) is 0 Å². The number of carbonyl (C=O) groups excluding carboxylic acids is 2. The molecule has 0 radical (unpaired) electrons. The van der Waals surface area contributed by atoms with E-state index < -0.39 is 0 Å². The molecule has 2 saturated heterocycles. The molecule has 4 atom stereocenters. The van der Waals surface area contributed by atoms with Gasteiger partial charge in [-0.25, -0.2) is 0 Å². The Hall–Kier alpha value is -1.93. The van der Waals surface area contributed by atoms with Gasteiger partial charge in [-0.05, 0) is 5.56 Å². The molecular weight excluding hydrogens is 288 g/mol. The smallest absolute Gasteiger partial charge is 0.224 e. The second-order valence-corrected chi connectivity index (χ2v) is 5.78. The van der Waals surface area contributed by atoms with Crippen LogP contribution in [-0.4, -0.2) is 59.1 Å². The van der Waals surface area contributed by atoms with Gasteiger partial charge in [0.05, 0.1) is 37.9 Å². The molecule has 2 aliphatic rings. The number of rotatable bonds is 4. The summed E-state index contributed by atoms with van der Waals surface area (Å²) in [6.07, 6.45) is 3.35. The molecular formula is C14H20N4O4. The third-order valence-electron chi connectivity index (χ3n) is 3.91. The second kappa shape index (κ2) is 6.05. The van der Waals surface area contributed by atoms with Gasteiger partial charge >= 0.3 is 0 Å². The third-order valence-corrected chi connectivity index (χ3v) is 3.91. The fraction of sp³-hybridized carbons (Fsp3) is 0.643. The first-order chi connectivity index (χ1) is 10.5. The summed E-state index contributed by atoms with van der Waals surface area (Å²) in [5.74, 6) is -0.198. The minimum atomic E-state index is -0.213. The van der Waals surface area contributed by atoms with Crippen molar-refractivity contribution in [3.05, 3.63) is 18.0 Å². The van der Waals surface area contributed by atoms with Crippen molar-refractivity contribution >= 4 is 11.8 Å². The Labute approximate surface area is 128 Å². The Morgan fingerprint density at radius 3 is 2.45 bits per heavy atom. The molecule has 1 aromatic rings. The molecule has 2 aliphatic heterocycles. The summed E-state index contributed by atoms with van der Waals surface area (Å²) in [6, 6.07) is -0.337. The third kappa shape index (κ3) is 3.12. The lowest BCUT2D eigenvalue weighted by Crippen LogP contribution is -2.46. The van der Waals surface area contributed by atoms with E-state index >= 15 is 0 Å². The highest BCUT2D eigenvalue weighted by Gasteiger charge is 2.48. The number of ether oxygens (including phenoxy) is 2. The van der Waals surface area contributed by atoms with E-state index in [1.54, 1.807) is 10.9 Å². The molecule has 1 aromatic heterocycles. The van der Waals surface area contributed by atoms with Gasteiger partial charge in [-0.3, -0.25) is 14.3 Å². The summed E-state index contributed by atoms with van der Waals surface area (Å²) in [5.41, 5.74) is 0.860. The Bertz CT molecular complexity index is 573. The minimum Gasteiger partial charge on any atom is -0.371 e. The number of carbonyl (C=O) groups is 2. The van der Waals surface area contributed by atoms with Crippen LogP contribution < -0.4 is 10.6 Å². The summed E-state index contributed by atoms with van der Waals surface area (Å²) in [6.45, 7) is 2.27. The topological polar surface area (TPSA) is 94.5 Å². The monoisotopic (exact) mass is 308 g/mol. The van der Waals surface area contributed by atoms with Crippen LogP contribution in [0.15, 0.2) is 12.4 Å². The van der Waals surface area contributed by atoms with E-state index in [0.717, 1.165) is 5.56 Å². The van der Waals surface area contributed by atoms with Crippen LogP contribution in [0.2, 0.25) is 0 Å². The molecule has 0 bridgehead atoms. The van der Waals surface area contributed by atoms with Gasteiger partial charge in [-0.15, -0.1) is 0 Å². The number of amides is 2. The molecule has 0 unspecified atom stereocenters. The number of hydrogen-bond acceptors (Lipinski definition) is 5. The molecule has 3 rings (SSSR count). The number of aromatic nitrogens is 2. The van der Waals surface area contributed by atoms with Gasteiger partial charge in [0.1, 0.15) is 12.2 Å². The van der Waals surface area contributed by atoms with Crippen molar-refractivity contribution in [3.63, 3.8) is 0 Å². The van der Waals surface area contributed by atoms with Crippen LogP contribution in [0, 0.1) is 0 Å². The first kappa shape index (κ1) is 15.0. The number of nitrogens with one attached hydrogen (secondary N) is 2. The quantitative estimate of drug-likeness (QED) is 0.725. The highest BCUT2D eigenvalue weighted by molar-refractivity contribution is 5.78. The average Bonchev–Trinajstić information content (AvgIpc) is 3.10. The predicted molar refractivity (Wildman–Crippen MR) is 75.9 cm³/mol. The zero-order chi connectivity index (χ0) is 15.7. The Kier molecular flexibility index (Phi) is 4.12. The van der Waals surface area contributed by atoms with E-state index in [9.17, 15) is 9.59 Å². The van der Waals surface area contributed by atoms with Crippen LogP contribution in [-0.2, 0) is 32.5 Å². The van der Waals surface area contributed by atoms with Crippen LogP contribution in [0.3, 0.4) is 0 Å². The zero-order valence-electron chi connectivity index (χ0n) is 12.6. The highest BCUT2D eigenvalue weighted by Crippen LogP contribution is 2.27. The van der Waals surface area contributed by atoms with Gasteiger partial charge in [0, 0.05) is 20.2 Å². The molecule has 8 nitrogen and oxygen atoms in total. The van der Waals surface area contributed by atoms with Crippen LogP contribution >= 0.6 is 0 Å². The maximum atomic E-state index is 12.1. The van der Waals surface area contributed by atoms with Crippen molar-refractivity contribution in [3.8, 4) is 0 Å². The Balaban J connectivity index is 1.54. The number of hydrogen-bond donors (Lipinski definition) is 2. The molecule has 3 heterocycles. The molecule has 0 aromatic carbocycles. The van der Waals surface area contributed by atoms with Crippen LogP contribution in [0.1, 0.15) is 12.5 Å².